The average Bonchev–Trinajstić information content (AvgIpc) is 3.20. The van der Waals surface area contributed by atoms with Gasteiger partial charge in [-0.25, -0.2) is 4.57 Å². The number of allylic oxidation sites excluding steroid dienone is 9. The molecular weight excluding hydrogens is 768 g/mol. The Morgan fingerprint density at radius 1 is 0.567 bits per heavy atom. The van der Waals surface area contributed by atoms with Gasteiger partial charge in [-0.3, -0.25) is 13.8 Å². The van der Waals surface area contributed by atoms with Crippen LogP contribution in [0.25, 0.3) is 0 Å². The summed E-state index contributed by atoms with van der Waals surface area (Å²) in [7, 11) is 1.54. The molecule has 0 aliphatic rings. The van der Waals surface area contributed by atoms with Crippen LogP contribution in [0.2, 0.25) is 0 Å². The van der Waals surface area contributed by atoms with Crippen molar-refractivity contribution in [3.8, 4) is 0 Å². The van der Waals surface area contributed by atoms with Gasteiger partial charge in [0.25, 0.3) is 0 Å². The van der Waals surface area contributed by atoms with Crippen molar-refractivity contribution in [2.45, 2.75) is 219 Å². The maximum Gasteiger partial charge on any atom is 0.472 e. The van der Waals surface area contributed by atoms with Gasteiger partial charge >= 0.3 is 7.82 Å². The molecule has 0 aliphatic carbocycles. The van der Waals surface area contributed by atoms with E-state index in [1.807, 2.05) is 27.2 Å². The molecule has 0 saturated heterocycles. The molecule has 0 aromatic rings. The molecule has 0 saturated carbocycles. The zero-order valence-corrected chi connectivity index (χ0v) is 40.6. The summed E-state index contributed by atoms with van der Waals surface area (Å²) in [5.74, 6) is -0.197. The van der Waals surface area contributed by atoms with Crippen LogP contribution in [0, 0.1) is 0 Å². The van der Waals surface area contributed by atoms with E-state index in [0.717, 1.165) is 51.4 Å². The lowest BCUT2D eigenvalue weighted by molar-refractivity contribution is -0.870. The number of rotatable bonds is 44. The Bertz CT molecular complexity index is 1160. The predicted molar refractivity (Wildman–Crippen MR) is 258 cm³/mol. The smallest absolute Gasteiger partial charge is 0.387 e. The molecule has 0 aliphatic heterocycles. The van der Waals surface area contributed by atoms with Crippen molar-refractivity contribution in [3.63, 3.8) is 0 Å². The number of unbranched alkanes of at least 4 members (excludes halogenated alkanes) is 23. The molecule has 1 amide bonds. The van der Waals surface area contributed by atoms with E-state index in [1.165, 1.54) is 135 Å². The summed E-state index contributed by atoms with van der Waals surface area (Å²) in [6.07, 6.45) is 55.8. The van der Waals surface area contributed by atoms with Crippen LogP contribution in [0.3, 0.4) is 0 Å². The van der Waals surface area contributed by atoms with Gasteiger partial charge in [-0.1, -0.05) is 184 Å². The Hall–Kier alpha value is -1.80. The third kappa shape index (κ3) is 44.3. The first kappa shape index (κ1) is 58.2. The van der Waals surface area contributed by atoms with E-state index in [9.17, 15) is 19.4 Å². The molecule has 9 heteroatoms. The van der Waals surface area contributed by atoms with Crippen molar-refractivity contribution in [2.75, 3.05) is 40.9 Å². The summed E-state index contributed by atoms with van der Waals surface area (Å²) in [5.41, 5.74) is 0. The summed E-state index contributed by atoms with van der Waals surface area (Å²) in [5, 5.41) is 13.8. The normalized spacial score (nSPS) is 14.7. The molecule has 60 heavy (non-hydrogen) atoms. The van der Waals surface area contributed by atoms with Crippen LogP contribution >= 0.6 is 7.82 Å². The van der Waals surface area contributed by atoms with E-state index in [-0.39, 0.29) is 19.1 Å². The third-order valence-electron chi connectivity index (χ3n) is 10.7. The van der Waals surface area contributed by atoms with Crippen LogP contribution in [0.4, 0.5) is 0 Å². The summed E-state index contributed by atoms with van der Waals surface area (Å²) >= 11 is 0. The van der Waals surface area contributed by atoms with Crippen molar-refractivity contribution in [3.05, 3.63) is 60.8 Å². The van der Waals surface area contributed by atoms with Crippen molar-refractivity contribution in [1.29, 1.82) is 0 Å². The van der Waals surface area contributed by atoms with E-state index in [4.69, 9.17) is 9.05 Å². The summed E-state index contributed by atoms with van der Waals surface area (Å²) in [4.78, 5) is 23.2. The quantitative estimate of drug-likeness (QED) is 0.0244. The first-order chi connectivity index (χ1) is 29.0. The number of amides is 1. The summed E-state index contributed by atoms with van der Waals surface area (Å²) in [6.45, 7) is 4.76. The molecule has 3 atom stereocenters. The third-order valence-corrected chi connectivity index (χ3v) is 11.7. The monoisotopic (exact) mass is 864 g/mol. The van der Waals surface area contributed by atoms with Crippen LogP contribution in [-0.2, 0) is 18.4 Å². The number of likely N-dealkylation sites (N-methyl/N-ethyl adjacent to an activating group) is 1. The van der Waals surface area contributed by atoms with Crippen LogP contribution in [0.5, 0.6) is 0 Å². The van der Waals surface area contributed by atoms with E-state index < -0.39 is 20.0 Å². The Labute approximate surface area is 371 Å². The molecule has 8 nitrogen and oxygen atoms in total. The van der Waals surface area contributed by atoms with E-state index in [1.54, 1.807) is 6.08 Å². The number of hydrogen-bond acceptors (Lipinski definition) is 5. The number of nitrogens with one attached hydrogen (secondary N) is 1. The first-order valence-corrected chi connectivity index (χ1v) is 26.2. The fraction of sp³-hybridized carbons (Fsp3) is 0.784. The number of hydrogen-bond donors (Lipinski definition) is 3. The number of aliphatic hydroxyl groups is 1. The minimum Gasteiger partial charge on any atom is -0.387 e. The molecule has 3 unspecified atom stereocenters. The zero-order valence-electron chi connectivity index (χ0n) is 39.7. The largest absolute Gasteiger partial charge is 0.472 e. The maximum atomic E-state index is 12.9. The second-order valence-electron chi connectivity index (χ2n) is 17.8. The molecule has 0 heterocycles. The van der Waals surface area contributed by atoms with Gasteiger partial charge in [-0.2, -0.15) is 0 Å². The van der Waals surface area contributed by atoms with Crippen LogP contribution in [-0.4, -0.2) is 73.4 Å². The Morgan fingerprint density at radius 3 is 1.43 bits per heavy atom. The highest BCUT2D eigenvalue weighted by molar-refractivity contribution is 7.47. The van der Waals surface area contributed by atoms with Crippen molar-refractivity contribution >= 4 is 13.7 Å². The SMILES string of the molecule is CCCCCCC/C=C\C/C=C\CCCCCCCCCCCC(=O)NC(COP(=O)(O)OCC[N+](C)(C)C)C(O)/C=C/CC/C=C/CC/C=C/CCCCCCCCC. The zero-order chi connectivity index (χ0) is 44.3. The van der Waals surface area contributed by atoms with Gasteiger partial charge in [0.1, 0.15) is 13.2 Å². The van der Waals surface area contributed by atoms with Crippen molar-refractivity contribution in [1.82, 2.24) is 5.32 Å². The maximum absolute atomic E-state index is 12.9. The lowest BCUT2D eigenvalue weighted by Crippen LogP contribution is -2.45. The van der Waals surface area contributed by atoms with Crippen LogP contribution in [0.1, 0.15) is 206 Å². The Balaban J connectivity index is 4.42. The van der Waals surface area contributed by atoms with Crippen LogP contribution < -0.4 is 5.32 Å². The molecule has 0 rings (SSSR count). The van der Waals surface area contributed by atoms with Crippen LogP contribution in [0.15, 0.2) is 60.8 Å². The topological polar surface area (TPSA) is 105 Å². The fourth-order valence-corrected chi connectivity index (χ4v) is 7.49. The van der Waals surface area contributed by atoms with Gasteiger partial charge in [0.05, 0.1) is 39.9 Å². The molecule has 0 aromatic carbocycles. The molecule has 0 bridgehead atoms. The summed E-state index contributed by atoms with van der Waals surface area (Å²) in [6, 6.07) is -0.873. The minimum absolute atomic E-state index is 0.0507. The van der Waals surface area contributed by atoms with Crippen molar-refractivity contribution < 1.29 is 32.9 Å². The molecular formula is C51H96N2O6P+. The molecule has 350 valence electrons. The Morgan fingerprint density at radius 2 is 0.967 bits per heavy atom. The number of quaternary nitrogens is 1. The van der Waals surface area contributed by atoms with Gasteiger partial charge in [-0.15, -0.1) is 0 Å². The minimum atomic E-state index is -4.36. The molecule has 0 aromatic heterocycles. The first-order valence-electron chi connectivity index (χ1n) is 24.7. The number of phosphoric ester groups is 1. The van der Waals surface area contributed by atoms with Gasteiger partial charge < -0.3 is 19.8 Å². The molecule has 3 N–H and O–H groups in total. The van der Waals surface area contributed by atoms with E-state index >= 15 is 0 Å². The lowest BCUT2D eigenvalue weighted by Gasteiger charge is -2.25. The second kappa shape index (κ2) is 42.5. The average molecular weight is 864 g/mol. The highest BCUT2D eigenvalue weighted by atomic mass is 31.2. The number of carbonyl (C=O) groups excluding carboxylic acids is 1. The predicted octanol–water partition coefficient (Wildman–Crippen LogP) is 14.2. The second-order valence-corrected chi connectivity index (χ2v) is 19.3. The standard InChI is InChI=1S/C51H95N2O6P/c1-6-8-10-12-14-16-18-20-22-24-25-26-27-29-31-33-35-37-39-41-43-45-51(55)52-49(48-59-60(56,57)58-47-46-53(3,4)5)50(54)44-42-40-38-36-34-32-30-28-23-21-19-17-15-13-11-9-7-2/h18,20,23-25,28,34,36,42,44,49-50,54H,6-17,19,21-22,26-27,29-33,35,37-41,43,45-48H2,1-5H3,(H-,52,55,56,57)/p+1/b20-18-,25-24-,28-23+,36-34+,44-42+. The molecule has 0 fully saturated rings. The highest BCUT2D eigenvalue weighted by Gasteiger charge is 2.27. The van der Waals surface area contributed by atoms with Crippen molar-refractivity contribution in [2.24, 2.45) is 0 Å². The van der Waals surface area contributed by atoms with Gasteiger partial charge in [0.2, 0.25) is 5.91 Å². The van der Waals surface area contributed by atoms with E-state index in [0.29, 0.717) is 17.4 Å². The number of nitrogens with zero attached hydrogens (tertiary/aromatic N) is 1. The Kier molecular flexibility index (Phi) is 41.2. The number of aliphatic hydroxyl groups excluding tert-OH is 1. The number of phosphoric acid groups is 1. The molecule has 0 spiro atoms. The fourth-order valence-electron chi connectivity index (χ4n) is 6.75. The van der Waals surface area contributed by atoms with E-state index in [2.05, 4.69) is 67.8 Å². The summed E-state index contributed by atoms with van der Waals surface area (Å²) < 4.78 is 23.6. The molecule has 0 radical (unpaired) electrons. The van der Waals surface area contributed by atoms with Gasteiger partial charge in [-0.05, 0) is 77.0 Å². The number of carbonyl (C=O) groups is 1. The van der Waals surface area contributed by atoms with Gasteiger partial charge in [0, 0.05) is 6.42 Å². The highest BCUT2D eigenvalue weighted by Crippen LogP contribution is 2.43. The lowest BCUT2D eigenvalue weighted by atomic mass is 10.1. The van der Waals surface area contributed by atoms with Gasteiger partial charge in [0.15, 0.2) is 0 Å².